The van der Waals surface area contributed by atoms with Gasteiger partial charge in [0.05, 0.1) is 12.6 Å². The van der Waals surface area contributed by atoms with Gasteiger partial charge in [-0.3, -0.25) is 0 Å². The molecule has 2 N–H and O–H groups in total. The highest BCUT2D eigenvalue weighted by Gasteiger charge is 2.23. The summed E-state index contributed by atoms with van der Waals surface area (Å²) in [6.07, 6.45) is -0.0267. The van der Waals surface area contributed by atoms with Crippen LogP contribution in [0.1, 0.15) is 17.3 Å². The smallest absolute Gasteiger partial charge is 0.338 e. The minimum Gasteiger partial charge on any atom is -0.453 e. The van der Waals surface area contributed by atoms with Crippen molar-refractivity contribution >= 4 is 5.97 Å². The molecule has 19 heavy (non-hydrogen) atoms. The largest absolute Gasteiger partial charge is 0.453 e. The molecule has 0 spiro atoms. The van der Waals surface area contributed by atoms with Gasteiger partial charge in [-0.05, 0) is 19.1 Å². The zero-order chi connectivity index (χ0) is 13.7. The summed E-state index contributed by atoms with van der Waals surface area (Å²) in [6.45, 7) is 7.63. The molecule has 0 aliphatic carbocycles. The summed E-state index contributed by atoms with van der Waals surface area (Å²) >= 11 is 0. The van der Waals surface area contributed by atoms with Crippen molar-refractivity contribution in [1.29, 1.82) is 0 Å². The maximum Gasteiger partial charge on any atom is 0.338 e. The zero-order valence-corrected chi connectivity index (χ0v) is 11.8. The SMILES string of the molecule is C[C@H](C[NH+]1CC[NH+](C)CC1)OC(=O)c1ccccc1. The van der Waals surface area contributed by atoms with Crippen LogP contribution in [0.15, 0.2) is 30.3 Å². The molecular formula is C15H24N2O2+2. The van der Waals surface area contributed by atoms with E-state index in [-0.39, 0.29) is 12.1 Å². The standard InChI is InChI=1S/C15H22N2O2/c1-13(12-17-10-8-16(2)9-11-17)19-15(18)14-6-4-3-5-7-14/h3-7,13H,8-12H2,1-2H3/p+2/t13-/m1/s1. The number of hydrogen-bond acceptors (Lipinski definition) is 2. The van der Waals surface area contributed by atoms with E-state index >= 15 is 0 Å². The number of benzene rings is 1. The highest BCUT2D eigenvalue weighted by Crippen LogP contribution is 2.02. The molecule has 0 saturated carbocycles. The topological polar surface area (TPSA) is 35.2 Å². The summed E-state index contributed by atoms with van der Waals surface area (Å²) in [4.78, 5) is 15.0. The van der Waals surface area contributed by atoms with Crippen molar-refractivity contribution < 1.29 is 19.3 Å². The van der Waals surface area contributed by atoms with E-state index in [4.69, 9.17) is 4.74 Å². The molecule has 4 nitrogen and oxygen atoms in total. The van der Waals surface area contributed by atoms with Crippen molar-refractivity contribution in [2.75, 3.05) is 39.8 Å². The molecule has 1 aliphatic heterocycles. The molecule has 1 aliphatic rings. The van der Waals surface area contributed by atoms with Crippen LogP contribution in [0.5, 0.6) is 0 Å². The summed E-state index contributed by atoms with van der Waals surface area (Å²) in [5.74, 6) is -0.216. The number of likely N-dealkylation sites (N-methyl/N-ethyl adjacent to an activating group) is 1. The lowest BCUT2D eigenvalue weighted by Gasteiger charge is -2.28. The van der Waals surface area contributed by atoms with Crippen molar-refractivity contribution in [2.45, 2.75) is 13.0 Å². The van der Waals surface area contributed by atoms with Gasteiger partial charge in [0.25, 0.3) is 0 Å². The van der Waals surface area contributed by atoms with E-state index < -0.39 is 0 Å². The van der Waals surface area contributed by atoms with Gasteiger partial charge in [-0.1, -0.05) is 18.2 Å². The molecule has 0 aromatic heterocycles. The molecule has 1 saturated heterocycles. The van der Waals surface area contributed by atoms with Crippen LogP contribution in [0, 0.1) is 0 Å². The Hall–Kier alpha value is -1.39. The maximum absolute atomic E-state index is 11.9. The molecule has 0 unspecified atom stereocenters. The van der Waals surface area contributed by atoms with Gasteiger partial charge < -0.3 is 14.5 Å². The van der Waals surface area contributed by atoms with Crippen molar-refractivity contribution in [3.05, 3.63) is 35.9 Å². The number of piperazine rings is 1. The van der Waals surface area contributed by atoms with E-state index in [0.717, 1.165) is 6.54 Å². The van der Waals surface area contributed by atoms with Crippen molar-refractivity contribution in [3.63, 3.8) is 0 Å². The number of hydrogen-bond donors (Lipinski definition) is 2. The highest BCUT2D eigenvalue weighted by atomic mass is 16.5. The van der Waals surface area contributed by atoms with Gasteiger partial charge in [0.15, 0.2) is 0 Å². The Labute approximate surface area is 115 Å². The van der Waals surface area contributed by atoms with E-state index in [2.05, 4.69) is 7.05 Å². The fraction of sp³-hybridized carbons (Fsp3) is 0.533. The molecule has 4 heteroatoms. The van der Waals surface area contributed by atoms with Crippen LogP contribution in [-0.2, 0) is 4.74 Å². The van der Waals surface area contributed by atoms with Crippen molar-refractivity contribution in [2.24, 2.45) is 0 Å². The fourth-order valence-corrected chi connectivity index (χ4v) is 2.51. The minimum absolute atomic E-state index is 0.0267. The number of carbonyl (C=O) groups is 1. The first-order valence-electron chi connectivity index (χ1n) is 7.06. The van der Waals surface area contributed by atoms with Gasteiger partial charge in [0.1, 0.15) is 38.8 Å². The van der Waals surface area contributed by atoms with E-state index in [0.29, 0.717) is 5.56 Å². The molecular weight excluding hydrogens is 240 g/mol. The second-order valence-electron chi connectivity index (χ2n) is 5.49. The van der Waals surface area contributed by atoms with Crippen molar-refractivity contribution in [3.8, 4) is 0 Å². The third-order valence-electron chi connectivity index (χ3n) is 3.70. The van der Waals surface area contributed by atoms with Crippen LogP contribution >= 0.6 is 0 Å². The Morgan fingerprint density at radius 2 is 1.84 bits per heavy atom. The molecule has 1 atom stereocenters. The lowest BCUT2D eigenvalue weighted by molar-refractivity contribution is -1.00. The first-order valence-corrected chi connectivity index (χ1v) is 7.06. The normalized spacial score (nSPS) is 24.7. The van der Waals surface area contributed by atoms with Crippen LogP contribution in [0.2, 0.25) is 0 Å². The molecule has 1 aromatic rings. The molecule has 2 rings (SSSR count). The Kier molecular flexibility index (Phi) is 4.93. The first-order chi connectivity index (χ1) is 9.15. The van der Waals surface area contributed by atoms with E-state index in [9.17, 15) is 4.79 Å². The summed E-state index contributed by atoms with van der Waals surface area (Å²) in [6, 6.07) is 9.20. The molecule has 0 bridgehead atoms. The number of nitrogens with one attached hydrogen (secondary N) is 2. The van der Waals surface area contributed by atoms with Gasteiger partial charge in [0.2, 0.25) is 0 Å². The number of quaternary nitrogens is 2. The average Bonchev–Trinajstić information content (AvgIpc) is 2.42. The Balaban J connectivity index is 1.78. The predicted molar refractivity (Wildman–Crippen MR) is 73.5 cm³/mol. The quantitative estimate of drug-likeness (QED) is 0.659. The van der Waals surface area contributed by atoms with E-state index in [1.807, 2.05) is 25.1 Å². The molecule has 104 valence electrons. The van der Waals surface area contributed by atoms with Gasteiger partial charge in [-0.15, -0.1) is 0 Å². The Bertz CT molecular complexity index is 400. The van der Waals surface area contributed by atoms with Gasteiger partial charge >= 0.3 is 5.97 Å². The second-order valence-corrected chi connectivity index (χ2v) is 5.49. The second kappa shape index (κ2) is 6.68. The first kappa shape index (κ1) is 14.0. The predicted octanol–water partition coefficient (Wildman–Crippen LogP) is -1.35. The lowest BCUT2D eigenvalue weighted by atomic mass is 10.2. The van der Waals surface area contributed by atoms with Gasteiger partial charge in [-0.25, -0.2) is 4.79 Å². The van der Waals surface area contributed by atoms with E-state index in [1.54, 1.807) is 21.9 Å². The lowest BCUT2D eigenvalue weighted by Crippen LogP contribution is -3.27. The van der Waals surface area contributed by atoms with Crippen LogP contribution < -0.4 is 9.80 Å². The molecule has 1 aromatic carbocycles. The highest BCUT2D eigenvalue weighted by molar-refractivity contribution is 5.89. The van der Waals surface area contributed by atoms with Crippen LogP contribution in [0.25, 0.3) is 0 Å². The number of ether oxygens (including phenoxy) is 1. The fourth-order valence-electron chi connectivity index (χ4n) is 2.51. The Morgan fingerprint density at radius 3 is 2.47 bits per heavy atom. The molecule has 1 fully saturated rings. The summed E-state index contributed by atoms with van der Waals surface area (Å²) in [5, 5.41) is 0. The molecule has 0 amide bonds. The van der Waals surface area contributed by atoms with E-state index in [1.165, 1.54) is 26.2 Å². The zero-order valence-electron chi connectivity index (χ0n) is 11.8. The number of rotatable bonds is 4. The summed E-state index contributed by atoms with van der Waals surface area (Å²) in [5.41, 5.74) is 0.632. The number of esters is 1. The van der Waals surface area contributed by atoms with Crippen LogP contribution in [0.4, 0.5) is 0 Å². The summed E-state index contributed by atoms with van der Waals surface area (Å²) in [7, 11) is 2.23. The van der Waals surface area contributed by atoms with Gasteiger partial charge in [0, 0.05) is 0 Å². The number of carbonyl (C=O) groups excluding carboxylic acids is 1. The summed E-state index contributed by atoms with van der Waals surface area (Å²) < 4.78 is 5.50. The van der Waals surface area contributed by atoms with Crippen LogP contribution in [0.3, 0.4) is 0 Å². The van der Waals surface area contributed by atoms with Crippen molar-refractivity contribution in [1.82, 2.24) is 0 Å². The maximum atomic E-state index is 11.9. The van der Waals surface area contributed by atoms with Crippen LogP contribution in [-0.4, -0.2) is 51.8 Å². The minimum atomic E-state index is -0.216. The molecule has 1 heterocycles. The van der Waals surface area contributed by atoms with Gasteiger partial charge in [-0.2, -0.15) is 0 Å². The Morgan fingerprint density at radius 1 is 1.21 bits per heavy atom. The third kappa shape index (κ3) is 4.33. The average molecular weight is 264 g/mol. The molecule has 0 radical (unpaired) electrons. The monoisotopic (exact) mass is 264 g/mol. The third-order valence-corrected chi connectivity index (χ3v) is 3.70.